The van der Waals surface area contributed by atoms with E-state index in [9.17, 15) is 4.79 Å². The van der Waals surface area contributed by atoms with E-state index in [1.807, 2.05) is 48.3 Å². The molecular weight excluding hydrogens is 332 g/mol. The molecule has 2 saturated heterocycles. The van der Waals surface area contributed by atoms with Gasteiger partial charge in [-0.1, -0.05) is 0 Å². The summed E-state index contributed by atoms with van der Waals surface area (Å²) in [6, 6.07) is 0. The molecule has 140 valence electrons. The van der Waals surface area contributed by atoms with Crippen LogP contribution in [0.1, 0.15) is 17.0 Å². The maximum atomic E-state index is 13.2. The Morgan fingerprint density at radius 2 is 2.19 bits per heavy atom. The summed E-state index contributed by atoms with van der Waals surface area (Å²) in [5.41, 5.74) is 2.26. The Balaban J connectivity index is 1.41. The minimum atomic E-state index is -0.0371. The zero-order valence-corrected chi connectivity index (χ0v) is 15.3. The molecule has 0 radical (unpaired) electrons. The first-order valence-corrected chi connectivity index (χ1v) is 9.19. The second-order valence-corrected chi connectivity index (χ2v) is 7.34. The molecule has 8 nitrogen and oxygen atoms in total. The molecule has 2 aromatic rings. The van der Waals surface area contributed by atoms with Gasteiger partial charge in [-0.2, -0.15) is 10.2 Å². The van der Waals surface area contributed by atoms with Gasteiger partial charge in [-0.25, -0.2) is 0 Å². The summed E-state index contributed by atoms with van der Waals surface area (Å²) >= 11 is 0. The average molecular weight is 358 g/mol. The van der Waals surface area contributed by atoms with E-state index in [0.29, 0.717) is 26.2 Å². The minimum absolute atomic E-state index is 0.0156. The number of nitrogens with zero attached hydrogens (tertiary/aromatic N) is 5. The molecule has 4 heterocycles. The molecule has 0 spiro atoms. The summed E-state index contributed by atoms with van der Waals surface area (Å²) in [6.07, 6.45) is 7.72. The van der Waals surface area contributed by atoms with E-state index in [1.54, 1.807) is 4.68 Å². The summed E-state index contributed by atoms with van der Waals surface area (Å²) in [6.45, 7) is 6.09. The van der Waals surface area contributed by atoms with E-state index in [4.69, 9.17) is 4.74 Å². The van der Waals surface area contributed by atoms with Crippen LogP contribution in [0.15, 0.2) is 24.8 Å². The lowest BCUT2D eigenvalue weighted by atomic mass is 9.89. The van der Waals surface area contributed by atoms with Crippen molar-refractivity contribution in [2.75, 3.05) is 32.8 Å². The molecule has 1 N–H and O–H groups in total. The Labute approximate surface area is 153 Å². The number of carbonyl (C=O) groups excluding carboxylic acids is 1. The van der Waals surface area contributed by atoms with Crippen LogP contribution in [-0.2, 0) is 23.1 Å². The lowest BCUT2D eigenvalue weighted by Gasteiger charge is -2.35. The van der Waals surface area contributed by atoms with E-state index in [2.05, 4.69) is 15.5 Å². The largest absolute Gasteiger partial charge is 0.373 e. The van der Waals surface area contributed by atoms with Crippen LogP contribution in [-0.4, -0.2) is 69.3 Å². The van der Waals surface area contributed by atoms with Gasteiger partial charge < -0.3 is 15.0 Å². The smallest absolute Gasteiger partial charge is 0.227 e. The van der Waals surface area contributed by atoms with Crippen LogP contribution >= 0.6 is 0 Å². The van der Waals surface area contributed by atoms with Gasteiger partial charge in [0.1, 0.15) is 0 Å². The molecule has 0 aliphatic carbocycles. The van der Waals surface area contributed by atoms with E-state index < -0.39 is 0 Å². The molecule has 4 rings (SSSR count). The quantitative estimate of drug-likeness (QED) is 0.842. The van der Waals surface area contributed by atoms with Crippen LogP contribution in [0, 0.1) is 12.8 Å². The maximum absolute atomic E-state index is 13.2. The molecule has 1 amide bonds. The first-order chi connectivity index (χ1) is 12.6. The Bertz CT molecular complexity index is 769. The SMILES string of the molecule is Cc1cnn(CC2CN(C(=O)[C@H]3CNC[C@@H]3c3cnn(C)c3)CCO2)c1. The number of ether oxygens (including phenoxy) is 1. The number of nitrogens with one attached hydrogen (secondary N) is 1. The van der Waals surface area contributed by atoms with Crippen molar-refractivity contribution in [3.8, 4) is 0 Å². The fourth-order valence-electron chi connectivity index (χ4n) is 3.96. The fourth-order valence-corrected chi connectivity index (χ4v) is 3.96. The van der Waals surface area contributed by atoms with Crippen LogP contribution < -0.4 is 5.32 Å². The van der Waals surface area contributed by atoms with E-state index >= 15 is 0 Å². The molecule has 0 saturated carbocycles. The minimum Gasteiger partial charge on any atom is -0.373 e. The third kappa shape index (κ3) is 3.52. The van der Waals surface area contributed by atoms with Crippen molar-refractivity contribution in [3.05, 3.63) is 35.9 Å². The summed E-state index contributed by atoms with van der Waals surface area (Å²) in [5, 5.41) is 12.0. The van der Waals surface area contributed by atoms with Gasteiger partial charge in [-0.15, -0.1) is 0 Å². The number of hydrogen-bond donors (Lipinski definition) is 1. The molecule has 2 aliphatic rings. The van der Waals surface area contributed by atoms with Crippen LogP contribution in [0.2, 0.25) is 0 Å². The van der Waals surface area contributed by atoms with Crippen LogP contribution in [0.3, 0.4) is 0 Å². The number of hydrogen-bond acceptors (Lipinski definition) is 5. The van der Waals surface area contributed by atoms with Gasteiger partial charge in [0, 0.05) is 51.5 Å². The molecule has 0 aromatic carbocycles. The Kier molecular flexibility index (Phi) is 4.78. The Hall–Kier alpha value is -2.19. The number of aromatic nitrogens is 4. The van der Waals surface area contributed by atoms with E-state index in [-0.39, 0.29) is 23.8 Å². The summed E-state index contributed by atoms with van der Waals surface area (Å²) in [5.74, 6) is 0.366. The highest BCUT2D eigenvalue weighted by Gasteiger charge is 2.38. The van der Waals surface area contributed by atoms with Gasteiger partial charge in [0.15, 0.2) is 0 Å². The van der Waals surface area contributed by atoms with Gasteiger partial charge in [-0.05, 0) is 18.1 Å². The summed E-state index contributed by atoms with van der Waals surface area (Å²) < 4.78 is 9.56. The van der Waals surface area contributed by atoms with Gasteiger partial charge in [0.2, 0.25) is 5.91 Å². The van der Waals surface area contributed by atoms with Crippen molar-refractivity contribution >= 4 is 5.91 Å². The van der Waals surface area contributed by atoms with Gasteiger partial charge in [-0.3, -0.25) is 14.2 Å². The second-order valence-electron chi connectivity index (χ2n) is 7.34. The van der Waals surface area contributed by atoms with Crippen LogP contribution in [0.4, 0.5) is 0 Å². The third-order valence-corrected chi connectivity index (χ3v) is 5.29. The molecule has 1 unspecified atom stereocenters. The summed E-state index contributed by atoms with van der Waals surface area (Å²) in [4.78, 5) is 15.1. The predicted molar refractivity (Wildman–Crippen MR) is 95.6 cm³/mol. The third-order valence-electron chi connectivity index (χ3n) is 5.29. The number of amides is 1. The topological polar surface area (TPSA) is 77.2 Å². The molecule has 8 heteroatoms. The summed E-state index contributed by atoms with van der Waals surface area (Å²) in [7, 11) is 1.91. The van der Waals surface area contributed by atoms with Crippen LogP contribution in [0.5, 0.6) is 0 Å². The van der Waals surface area contributed by atoms with Gasteiger partial charge >= 0.3 is 0 Å². The predicted octanol–water partition coefficient (Wildman–Crippen LogP) is 0.156. The van der Waals surface area contributed by atoms with Crippen molar-refractivity contribution in [2.45, 2.75) is 25.5 Å². The molecule has 2 fully saturated rings. The number of rotatable bonds is 4. The highest BCUT2D eigenvalue weighted by Crippen LogP contribution is 2.29. The normalized spacial score (nSPS) is 26.4. The van der Waals surface area contributed by atoms with Crippen molar-refractivity contribution in [3.63, 3.8) is 0 Å². The lowest BCUT2D eigenvalue weighted by Crippen LogP contribution is -2.49. The molecule has 3 atom stereocenters. The monoisotopic (exact) mass is 358 g/mol. The van der Waals surface area contributed by atoms with Gasteiger partial charge in [0.25, 0.3) is 0 Å². The molecule has 0 bridgehead atoms. The fraction of sp³-hybridized carbons (Fsp3) is 0.611. The first kappa shape index (κ1) is 17.2. The van der Waals surface area contributed by atoms with Crippen molar-refractivity contribution in [2.24, 2.45) is 13.0 Å². The highest BCUT2D eigenvalue weighted by molar-refractivity contribution is 5.80. The second kappa shape index (κ2) is 7.20. The molecule has 26 heavy (non-hydrogen) atoms. The Morgan fingerprint density at radius 3 is 2.92 bits per heavy atom. The lowest BCUT2D eigenvalue weighted by molar-refractivity contribution is -0.143. The Morgan fingerprint density at radius 1 is 1.31 bits per heavy atom. The van der Waals surface area contributed by atoms with Crippen LogP contribution in [0.25, 0.3) is 0 Å². The number of carbonyl (C=O) groups is 1. The number of morpholine rings is 1. The maximum Gasteiger partial charge on any atom is 0.227 e. The molecule has 2 aliphatic heterocycles. The molecule has 2 aromatic heterocycles. The standard InChI is InChI=1S/C18H26N6O2/c1-13-5-21-24(9-13)12-15-11-23(3-4-26-15)18(25)17-8-19-7-16(17)14-6-20-22(2)10-14/h5-6,9-10,15-17,19H,3-4,7-8,11-12H2,1-2H3/t15?,16-,17+/m1/s1. The van der Waals surface area contributed by atoms with Gasteiger partial charge in [0.05, 0.1) is 37.6 Å². The van der Waals surface area contributed by atoms with E-state index in [0.717, 1.165) is 24.2 Å². The first-order valence-electron chi connectivity index (χ1n) is 9.19. The number of aryl methyl sites for hydroxylation is 2. The highest BCUT2D eigenvalue weighted by atomic mass is 16.5. The van der Waals surface area contributed by atoms with E-state index in [1.165, 1.54) is 0 Å². The zero-order chi connectivity index (χ0) is 18.1. The molecular formula is C18H26N6O2. The average Bonchev–Trinajstić information content (AvgIpc) is 3.35. The zero-order valence-electron chi connectivity index (χ0n) is 15.3. The van der Waals surface area contributed by atoms with Crippen molar-refractivity contribution in [1.82, 2.24) is 29.8 Å². The van der Waals surface area contributed by atoms with Crippen molar-refractivity contribution < 1.29 is 9.53 Å². The van der Waals surface area contributed by atoms with Crippen molar-refractivity contribution in [1.29, 1.82) is 0 Å².